The van der Waals surface area contributed by atoms with Crippen LogP contribution in [0.4, 0.5) is 0 Å². The van der Waals surface area contributed by atoms with Crippen LogP contribution in [0.5, 0.6) is 0 Å². The average Bonchev–Trinajstić information content (AvgIpc) is 2.79. The molecule has 0 radical (unpaired) electrons. The van der Waals surface area contributed by atoms with Crippen LogP contribution in [-0.2, 0) is 0 Å². The number of rotatable bonds is 3. The van der Waals surface area contributed by atoms with Crippen LogP contribution in [0.1, 0.15) is 32.0 Å². The van der Waals surface area contributed by atoms with Crippen molar-refractivity contribution in [2.45, 2.75) is 6.92 Å². The van der Waals surface area contributed by atoms with E-state index in [1.807, 2.05) is 48.5 Å². The number of nitriles is 1. The van der Waals surface area contributed by atoms with Crippen LogP contribution in [0.2, 0.25) is 5.02 Å². The van der Waals surface area contributed by atoms with Gasteiger partial charge in [-0.05, 0) is 41.6 Å². The maximum absolute atomic E-state index is 11.9. The topological polar surface area (TPSA) is 131 Å². The van der Waals surface area contributed by atoms with Crippen molar-refractivity contribution in [2.24, 2.45) is 0 Å². The van der Waals surface area contributed by atoms with Gasteiger partial charge in [-0.15, -0.1) is 0 Å². The number of hydrogen-bond acceptors (Lipinski definition) is 4. The standard InChI is InChI=1S/C16H10N2O.C9H7ClO4/c17-10-14-15(11-6-2-1-3-7-11)12-8-4-5-9-13(12)16(19)18-14;1-4-5(8(11)12)2-3-6(10)7(4)9(13)14/h1-9H,(H,18,19);2-3H,1H3,(H,11,12)(H,13,14). The Hall–Kier alpha value is -4.41. The second kappa shape index (κ2) is 9.81. The minimum Gasteiger partial charge on any atom is -0.478 e. The van der Waals surface area contributed by atoms with E-state index in [0.29, 0.717) is 11.1 Å². The number of benzene rings is 3. The Morgan fingerprint density at radius 2 is 1.52 bits per heavy atom. The lowest BCUT2D eigenvalue weighted by Crippen LogP contribution is -2.09. The molecule has 1 heterocycles. The third-order valence-electron chi connectivity index (χ3n) is 4.96. The predicted molar refractivity (Wildman–Crippen MR) is 125 cm³/mol. The lowest BCUT2D eigenvalue weighted by atomic mass is 9.98. The molecule has 1 aromatic heterocycles. The monoisotopic (exact) mass is 460 g/mol. The Kier molecular flexibility index (Phi) is 6.91. The number of H-pyrrole nitrogens is 1. The Morgan fingerprint density at radius 1 is 0.909 bits per heavy atom. The highest BCUT2D eigenvalue weighted by Crippen LogP contribution is 2.28. The molecule has 0 saturated heterocycles. The van der Waals surface area contributed by atoms with Gasteiger partial charge in [-0.3, -0.25) is 4.79 Å². The Labute approximate surface area is 193 Å². The van der Waals surface area contributed by atoms with Gasteiger partial charge in [0.2, 0.25) is 0 Å². The number of carboxylic acid groups (broad SMARTS) is 2. The third kappa shape index (κ3) is 4.76. The molecule has 0 aliphatic heterocycles. The summed E-state index contributed by atoms with van der Waals surface area (Å²) in [5.74, 6) is -2.39. The molecule has 0 bridgehead atoms. The Morgan fingerprint density at radius 3 is 2.09 bits per heavy atom. The number of fused-ring (bicyclic) bond motifs is 1. The van der Waals surface area contributed by atoms with Crippen molar-refractivity contribution in [1.29, 1.82) is 5.26 Å². The minimum atomic E-state index is -1.23. The highest BCUT2D eigenvalue weighted by molar-refractivity contribution is 6.33. The zero-order chi connectivity index (χ0) is 24.1. The van der Waals surface area contributed by atoms with Crippen LogP contribution in [0.3, 0.4) is 0 Å². The maximum atomic E-state index is 11.9. The number of carbonyl (C=O) groups is 2. The molecule has 0 amide bonds. The molecule has 0 atom stereocenters. The molecular weight excluding hydrogens is 444 g/mol. The SMILES string of the molecule is Cc1c(C(=O)O)ccc(Cl)c1C(=O)O.N#Cc1[nH]c(=O)c2ccccc2c1-c1ccccc1. The molecule has 0 aliphatic carbocycles. The van der Waals surface area contributed by atoms with Crippen molar-refractivity contribution >= 4 is 34.3 Å². The molecule has 3 N–H and O–H groups in total. The van der Waals surface area contributed by atoms with Crippen LogP contribution in [0.15, 0.2) is 71.5 Å². The van der Waals surface area contributed by atoms with Gasteiger partial charge in [-0.2, -0.15) is 5.26 Å². The highest BCUT2D eigenvalue weighted by atomic mass is 35.5. The maximum Gasteiger partial charge on any atom is 0.337 e. The third-order valence-corrected chi connectivity index (χ3v) is 5.28. The summed E-state index contributed by atoms with van der Waals surface area (Å²) >= 11 is 5.63. The fourth-order valence-electron chi connectivity index (χ4n) is 3.44. The summed E-state index contributed by atoms with van der Waals surface area (Å²) in [6.07, 6.45) is 0. The molecule has 8 heteroatoms. The highest BCUT2D eigenvalue weighted by Gasteiger charge is 2.18. The Balaban J connectivity index is 0.000000196. The zero-order valence-electron chi connectivity index (χ0n) is 17.3. The van der Waals surface area contributed by atoms with Crippen LogP contribution in [0.25, 0.3) is 21.9 Å². The number of hydrogen-bond donors (Lipinski definition) is 3. The summed E-state index contributed by atoms with van der Waals surface area (Å²) in [7, 11) is 0. The summed E-state index contributed by atoms with van der Waals surface area (Å²) in [6, 6.07) is 21.6. The summed E-state index contributed by atoms with van der Waals surface area (Å²) in [5, 5.41) is 28.2. The van der Waals surface area contributed by atoms with Gasteiger partial charge in [0.25, 0.3) is 5.56 Å². The molecule has 3 aromatic carbocycles. The largest absolute Gasteiger partial charge is 0.478 e. The van der Waals surface area contributed by atoms with E-state index in [1.165, 1.54) is 19.1 Å². The van der Waals surface area contributed by atoms with Crippen molar-refractivity contribution in [3.05, 3.63) is 104 Å². The molecule has 4 rings (SSSR count). The molecule has 0 spiro atoms. The molecule has 33 heavy (non-hydrogen) atoms. The second-order valence-corrected chi connectivity index (χ2v) is 7.34. The number of aromatic nitrogens is 1. The van der Waals surface area contributed by atoms with E-state index in [4.69, 9.17) is 21.8 Å². The van der Waals surface area contributed by atoms with Gasteiger partial charge in [0.15, 0.2) is 0 Å². The van der Waals surface area contributed by atoms with Gasteiger partial charge in [0, 0.05) is 10.9 Å². The number of nitrogens with one attached hydrogen (secondary N) is 1. The zero-order valence-corrected chi connectivity index (χ0v) is 18.1. The molecule has 0 unspecified atom stereocenters. The van der Waals surface area contributed by atoms with Crippen molar-refractivity contribution in [3.63, 3.8) is 0 Å². The number of aromatic amines is 1. The van der Waals surface area contributed by atoms with Crippen LogP contribution in [0, 0.1) is 18.3 Å². The van der Waals surface area contributed by atoms with E-state index >= 15 is 0 Å². The van der Waals surface area contributed by atoms with Crippen molar-refractivity contribution < 1.29 is 19.8 Å². The Bertz CT molecular complexity index is 1470. The van der Waals surface area contributed by atoms with Crippen molar-refractivity contribution in [2.75, 3.05) is 0 Å². The first-order valence-electron chi connectivity index (χ1n) is 9.62. The van der Waals surface area contributed by atoms with Crippen LogP contribution in [-0.4, -0.2) is 27.1 Å². The predicted octanol–water partition coefficient (Wildman–Crippen LogP) is 5.11. The van der Waals surface area contributed by atoms with Gasteiger partial charge in [0.05, 0.1) is 16.1 Å². The molecular formula is C25H17ClN2O5. The normalized spacial score (nSPS) is 10.1. The van der Waals surface area contributed by atoms with Gasteiger partial charge >= 0.3 is 11.9 Å². The van der Waals surface area contributed by atoms with E-state index in [2.05, 4.69) is 11.1 Å². The van der Waals surface area contributed by atoms with E-state index in [1.54, 1.807) is 6.07 Å². The molecule has 7 nitrogen and oxygen atoms in total. The van der Waals surface area contributed by atoms with Gasteiger partial charge in [0.1, 0.15) is 11.8 Å². The van der Waals surface area contributed by atoms with Crippen LogP contribution >= 0.6 is 11.6 Å². The number of aromatic carboxylic acids is 2. The molecule has 0 aliphatic rings. The number of nitrogens with zero attached hydrogens (tertiary/aromatic N) is 1. The van der Waals surface area contributed by atoms with Gasteiger partial charge in [-0.25, -0.2) is 9.59 Å². The molecule has 4 aromatic rings. The summed E-state index contributed by atoms with van der Waals surface area (Å²) in [6.45, 7) is 1.42. The molecule has 0 fully saturated rings. The fourth-order valence-corrected chi connectivity index (χ4v) is 3.72. The van der Waals surface area contributed by atoms with Crippen LogP contribution < -0.4 is 5.56 Å². The average molecular weight is 461 g/mol. The van der Waals surface area contributed by atoms with E-state index < -0.39 is 11.9 Å². The summed E-state index contributed by atoms with van der Waals surface area (Å²) < 4.78 is 0. The minimum absolute atomic E-state index is 0.0417. The van der Waals surface area contributed by atoms with Crippen molar-refractivity contribution in [3.8, 4) is 17.2 Å². The molecule has 164 valence electrons. The summed E-state index contributed by atoms with van der Waals surface area (Å²) in [4.78, 5) is 36.0. The smallest absolute Gasteiger partial charge is 0.337 e. The molecule has 0 saturated carbocycles. The number of pyridine rings is 1. The van der Waals surface area contributed by atoms with E-state index in [9.17, 15) is 19.6 Å². The van der Waals surface area contributed by atoms with Gasteiger partial charge < -0.3 is 15.2 Å². The first kappa shape index (κ1) is 23.3. The first-order chi connectivity index (χ1) is 15.8. The lowest BCUT2D eigenvalue weighted by Gasteiger charge is -2.08. The number of halogens is 1. The first-order valence-corrected chi connectivity index (χ1v) is 10.00. The quantitative estimate of drug-likeness (QED) is 0.389. The van der Waals surface area contributed by atoms with Crippen molar-refractivity contribution in [1.82, 2.24) is 4.98 Å². The lowest BCUT2D eigenvalue weighted by molar-refractivity contribution is 0.0696. The van der Waals surface area contributed by atoms with Gasteiger partial charge in [-0.1, -0.05) is 60.1 Å². The second-order valence-electron chi connectivity index (χ2n) is 6.93. The van der Waals surface area contributed by atoms with E-state index in [0.717, 1.165) is 16.5 Å². The van der Waals surface area contributed by atoms with E-state index in [-0.39, 0.29) is 27.3 Å². The number of carboxylic acids is 2. The summed E-state index contributed by atoms with van der Waals surface area (Å²) in [5.41, 5.74) is 1.72. The fraction of sp³-hybridized carbons (Fsp3) is 0.0400.